The quantitative estimate of drug-likeness (QED) is 0.637. The average molecular weight is 371 g/mol. The minimum atomic E-state index is 0.674. The van der Waals surface area contributed by atoms with E-state index in [2.05, 4.69) is 26.7 Å². The molecule has 4 heterocycles. The van der Waals surface area contributed by atoms with Gasteiger partial charge in [0.05, 0.1) is 19.1 Å². The monoisotopic (exact) mass is 371 g/mol. The average Bonchev–Trinajstić information content (AvgIpc) is 3.32. The first kappa shape index (κ1) is 16.9. The minimum absolute atomic E-state index is 0.674. The van der Waals surface area contributed by atoms with Crippen LogP contribution in [-0.2, 0) is 13.2 Å². The Hall–Kier alpha value is -2.52. The number of nitrogens with zero attached hydrogens (tertiary/aromatic N) is 7. The predicted octanol–water partition coefficient (Wildman–Crippen LogP) is 2.26. The van der Waals surface area contributed by atoms with Gasteiger partial charge >= 0.3 is 0 Å². The summed E-state index contributed by atoms with van der Waals surface area (Å²) in [4.78, 5) is 13.1. The third kappa shape index (κ3) is 3.27. The van der Waals surface area contributed by atoms with Gasteiger partial charge in [0, 0.05) is 45.1 Å². The topological polar surface area (TPSA) is 68.2 Å². The first-order chi connectivity index (χ1) is 12.8. The van der Waals surface area contributed by atoms with Crippen molar-refractivity contribution in [3.8, 4) is 11.6 Å². The summed E-state index contributed by atoms with van der Waals surface area (Å²) in [6, 6.07) is 3.77. The zero-order valence-corrected chi connectivity index (χ0v) is 15.5. The number of aromatic nitrogens is 5. The van der Waals surface area contributed by atoms with E-state index in [0.29, 0.717) is 6.67 Å². The summed E-state index contributed by atoms with van der Waals surface area (Å²) in [6.07, 6.45) is 6.89. The summed E-state index contributed by atoms with van der Waals surface area (Å²) >= 11 is 5.62. The first-order valence-electron chi connectivity index (χ1n) is 8.71. The summed E-state index contributed by atoms with van der Waals surface area (Å²) in [5.41, 5.74) is 0. The van der Waals surface area contributed by atoms with Gasteiger partial charge in [-0.05, 0) is 31.3 Å². The highest BCUT2D eigenvalue weighted by atomic mass is 32.1. The van der Waals surface area contributed by atoms with Gasteiger partial charge < -0.3 is 9.32 Å². The molecule has 9 heteroatoms. The molecule has 0 bridgehead atoms. The fourth-order valence-corrected chi connectivity index (χ4v) is 3.48. The van der Waals surface area contributed by atoms with E-state index in [9.17, 15) is 0 Å². The Morgan fingerprint density at radius 2 is 2.04 bits per heavy atom. The van der Waals surface area contributed by atoms with Crippen LogP contribution in [0, 0.1) is 4.77 Å². The van der Waals surface area contributed by atoms with E-state index in [-0.39, 0.29) is 0 Å². The Balaban J connectivity index is 1.46. The van der Waals surface area contributed by atoms with Crippen LogP contribution in [-0.4, -0.2) is 55.4 Å². The molecule has 0 aromatic carbocycles. The molecule has 4 rings (SSSR count). The van der Waals surface area contributed by atoms with Crippen molar-refractivity contribution in [1.82, 2.24) is 29.2 Å². The van der Waals surface area contributed by atoms with E-state index in [4.69, 9.17) is 21.7 Å². The maximum Gasteiger partial charge on any atom is 0.199 e. The SMILES string of the molecule is CCn1c(-c2ccco2)nn(CN2CCN(c3cnccn3)CC2)c1=S. The summed E-state index contributed by atoms with van der Waals surface area (Å²) < 4.78 is 10.1. The van der Waals surface area contributed by atoms with Gasteiger partial charge in [-0.1, -0.05) is 0 Å². The lowest BCUT2D eigenvalue weighted by atomic mass is 10.3. The fourth-order valence-electron chi connectivity index (χ4n) is 3.17. The number of rotatable bonds is 5. The number of hydrogen-bond acceptors (Lipinski definition) is 7. The van der Waals surface area contributed by atoms with Gasteiger partial charge in [-0.15, -0.1) is 5.10 Å². The maximum absolute atomic E-state index is 5.62. The van der Waals surface area contributed by atoms with Gasteiger partial charge in [-0.3, -0.25) is 14.5 Å². The Kier molecular flexibility index (Phi) is 4.81. The van der Waals surface area contributed by atoms with Crippen LogP contribution in [0.1, 0.15) is 6.92 Å². The number of anilines is 1. The first-order valence-corrected chi connectivity index (χ1v) is 9.12. The molecular weight excluding hydrogens is 350 g/mol. The van der Waals surface area contributed by atoms with Crippen molar-refractivity contribution in [1.29, 1.82) is 0 Å². The van der Waals surface area contributed by atoms with Crippen LogP contribution in [0.3, 0.4) is 0 Å². The van der Waals surface area contributed by atoms with Gasteiger partial charge in [0.25, 0.3) is 0 Å². The number of piperazine rings is 1. The molecule has 0 amide bonds. The molecule has 136 valence electrons. The van der Waals surface area contributed by atoms with Crippen molar-refractivity contribution >= 4 is 18.0 Å². The van der Waals surface area contributed by atoms with Crippen LogP contribution < -0.4 is 4.90 Å². The van der Waals surface area contributed by atoms with Gasteiger partial charge in [0.15, 0.2) is 16.4 Å². The molecule has 0 aliphatic carbocycles. The molecule has 1 saturated heterocycles. The van der Waals surface area contributed by atoms with E-state index in [0.717, 1.165) is 54.9 Å². The molecule has 0 saturated carbocycles. The van der Waals surface area contributed by atoms with Crippen LogP contribution in [0.4, 0.5) is 5.82 Å². The summed E-state index contributed by atoms with van der Waals surface area (Å²) in [6.45, 7) is 7.16. The van der Waals surface area contributed by atoms with E-state index in [1.807, 2.05) is 27.6 Å². The molecule has 0 N–H and O–H groups in total. The van der Waals surface area contributed by atoms with Crippen molar-refractivity contribution in [2.24, 2.45) is 0 Å². The third-order valence-electron chi connectivity index (χ3n) is 4.56. The van der Waals surface area contributed by atoms with Crippen LogP contribution in [0.15, 0.2) is 41.4 Å². The molecule has 0 spiro atoms. The number of furan rings is 1. The van der Waals surface area contributed by atoms with Gasteiger partial charge in [0.1, 0.15) is 5.82 Å². The Morgan fingerprint density at radius 3 is 2.69 bits per heavy atom. The van der Waals surface area contributed by atoms with E-state index >= 15 is 0 Å². The molecule has 8 nitrogen and oxygen atoms in total. The second-order valence-corrected chi connectivity index (χ2v) is 6.50. The molecular formula is C17H21N7OS. The molecule has 26 heavy (non-hydrogen) atoms. The Bertz CT molecular complexity index is 895. The highest BCUT2D eigenvalue weighted by Crippen LogP contribution is 2.19. The second-order valence-electron chi connectivity index (χ2n) is 6.14. The van der Waals surface area contributed by atoms with Crippen molar-refractivity contribution in [2.45, 2.75) is 20.1 Å². The predicted molar refractivity (Wildman–Crippen MR) is 100 cm³/mol. The summed E-state index contributed by atoms with van der Waals surface area (Å²) in [7, 11) is 0. The second kappa shape index (κ2) is 7.38. The molecule has 1 aliphatic heterocycles. The molecule has 0 atom stereocenters. The third-order valence-corrected chi connectivity index (χ3v) is 4.99. The summed E-state index contributed by atoms with van der Waals surface area (Å²) in [5.74, 6) is 2.45. The van der Waals surface area contributed by atoms with Gasteiger partial charge in [-0.2, -0.15) is 0 Å². The highest BCUT2D eigenvalue weighted by molar-refractivity contribution is 7.71. The molecule has 3 aromatic rings. The zero-order chi connectivity index (χ0) is 17.9. The molecule has 0 radical (unpaired) electrons. The van der Waals surface area contributed by atoms with Crippen LogP contribution in [0.2, 0.25) is 0 Å². The number of hydrogen-bond donors (Lipinski definition) is 0. The largest absolute Gasteiger partial charge is 0.461 e. The van der Waals surface area contributed by atoms with Gasteiger partial charge in [0.2, 0.25) is 0 Å². The van der Waals surface area contributed by atoms with Crippen molar-refractivity contribution in [2.75, 3.05) is 31.1 Å². The van der Waals surface area contributed by atoms with E-state index in [1.165, 1.54) is 0 Å². The lowest BCUT2D eigenvalue weighted by Crippen LogP contribution is -2.47. The van der Waals surface area contributed by atoms with E-state index in [1.54, 1.807) is 18.7 Å². The zero-order valence-electron chi connectivity index (χ0n) is 14.7. The molecule has 1 aliphatic rings. The smallest absolute Gasteiger partial charge is 0.199 e. The molecule has 0 unspecified atom stereocenters. The van der Waals surface area contributed by atoms with Crippen molar-refractivity contribution in [3.63, 3.8) is 0 Å². The van der Waals surface area contributed by atoms with Crippen LogP contribution >= 0.6 is 12.2 Å². The highest BCUT2D eigenvalue weighted by Gasteiger charge is 2.20. The fraction of sp³-hybridized carbons (Fsp3) is 0.412. The lowest BCUT2D eigenvalue weighted by molar-refractivity contribution is 0.194. The Morgan fingerprint density at radius 1 is 1.19 bits per heavy atom. The van der Waals surface area contributed by atoms with Crippen LogP contribution in [0.25, 0.3) is 11.6 Å². The summed E-state index contributed by atoms with van der Waals surface area (Å²) in [5, 5.41) is 4.70. The standard InChI is InChI=1S/C17H21N7OS/c1-2-23-16(14-4-3-11-25-14)20-24(17(23)26)13-21-7-9-22(10-8-21)15-12-18-5-6-19-15/h3-6,11-12H,2,7-10,13H2,1H3. The molecule has 1 fully saturated rings. The van der Waals surface area contributed by atoms with Crippen molar-refractivity contribution < 1.29 is 4.42 Å². The van der Waals surface area contributed by atoms with Crippen LogP contribution in [0.5, 0.6) is 0 Å². The Labute approximate surface area is 156 Å². The lowest BCUT2D eigenvalue weighted by Gasteiger charge is -2.34. The van der Waals surface area contributed by atoms with Crippen molar-refractivity contribution in [3.05, 3.63) is 41.8 Å². The van der Waals surface area contributed by atoms with Gasteiger partial charge in [-0.25, -0.2) is 9.67 Å². The minimum Gasteiger partial charge on any atom is -0.461 e. The normalized spacial score (nSPS) is 15.5. The maximum atomic E-state index is 5.62. The van der Waals surface area contributed by atoms with E-state index < -0.39 is 0 Å². The molecule has 3 aromatic heterocycles.